The minimum Gasteiger partial charge on any atom is -0.474 e. The lowest BCUT2D eigenvalue weighted by molar-refractivity contribution is -0.155. The van der Waals surface area contributed by atoms with E-state index in [0.29, 0.717) is 25.7 Å². The molecule has 1 aliphatic heterocycles. The van der Waals surface area contributed by atoms with E-state index >= 15 is 0 Å². The largest absolute Gasteiger partial charge is 0.474 e. The summed E-state index contributed by atoms with van der Waals surface area (Å²) in [4.78, 5) is 22.6. The van der Waals surface area contributed by atoms with E-state index in [0.717, 1.165) is 12.8 Å². The van der Waals surface area contributed by atoms with Gasteiger partial charge in [-0.25, -0.2) is 4.79 Å². The number of amides is 1. The first-order valence-electron chi connectivity index (χ1n) is 4.67. The fourth-order valence-electron chi connectivity index (χ4n) is 1.56. The summed E-state index contributed by atoms with van der Waals surface area (Å²) < 4.78 is 5.17. The molecule has 0 spiro atoms. The second-order valence-electron chi connectivity index (χ2n) is 3.55. The quantitative estimate of drug-likeness (QED) is 0.636. The van der Waals surface area contributed by atoms with Crippen LogP contribution in [0.4, 0.5) is 0 Å². The summed E-state index contributed by atoms with van der Waals surface area (Å²) in [5, 5.41) is 8.47. The molecule has 1 amide bonds. The number of likely N-dealkylation sites (N-methyl/N-ethyl adjacent to an activating group) is 1. The van der Waals surface area contributed by atoms with Gasteiger partial charge in [0.15, 0.2) is 0 Å². The lowest BCUT2D eigenvalue weighted by Gasteiger charge is -2.26. The summed E-state index contributed by atoms with van der Waals surface area (Å²) >= 11 is 0. The van der Waals surface area contributed by atoms with Gasteiger partial charge in [0.05, 0.1) is 0 Å². The molecule has 0 aromatic rings. The highest BCUT2D eigenvalue weighted by molar-refractivity contribution is 6.31. The van der Waals surface area contributed by atoms with Crippen LogP contribution in [0.5, 0.6) is 0 Å². The molecule has 0 saturated carbocycles. The highest BCUT2D eigenvalue weighted by Crippen LogP contribution is 2.15. The Hall–Kier alpha value is -1.10. The van der Waals surface area contributed by atoms with E-state index in [1.807, 2.05) is 0 Å². The topological polar surface area (TPSA) is 66.8 Å². The zero-order valence-corrected chi connectivity index (χ0v) is 8.23. The molecule has 0 aromatic carbocycles. The Bertz CT molecular complexity index is 223. The van der Waals surface area contributed by atoms with Crippen molar-refractivity contribution < 1.29 is 19.4 Å². The summed E-state index contributed by atoms with van der Waals surface area (Å²) in [6, 6.07) is 0. The fraction of sp³-hybridized carbons (Fsp3) is 0.778. The number of ether oxygens (including phenoxy) is 1. The van der Waals surface area contributed by atoms with Gasteiger partial charge in [-0.1, -0.05) is 0 Å². The van der Waals surface area contributed by atoms with Crippen LogP contribution in [0.15, 0.2) is 0 Å². The maximum Gasteiger partial charge on any atom is 0.394 e. The minimum absolute atomic E-state index is 0.372. The molecule has 0 atom stereocenters. The lowest BCUT2D eigenvalue weighted by Crippen LogP contribution is -2.38. The Morgan fingerprint density at radius 2 is 2.00 bits per heavy atom. The molecule has 1 N–H and O–H groups in total. The number of aliphatic carboxylic acids is 1. The summed E-state index contributed by atoms with van der Waals surface area (Å²) in [5.41, 5.74) is 0. The maximum atomic E-state index is 11.0. The SMILES string of the molecule is CN(CC1CCOCC1)C(=O)C(=O)O. The van der Waals surface area contributed by atoms with E-state index in [1.54, 1.807) is 0 Å². The molecule has 1 heterocycles. The standard InChI is InChI=1S/C9H15NO4/c1-10(8(11)9(12)13)6-7-2-4-14-5-3-7/h7H,2-6H2,1H3,(H,12,13). The van der Waals surface area contributed by atoms with Gasteiger partial charge in [0.1, 0.15) is 0 Å². The molecule has 0 aromatic heterocycles. The second-order valence-corrected chi connectivity index (χ2v) is 3.55. The van der Waals surface area contributed by atoms with Crippen LogP contribution >= 0.6 is 0 Å². The molecule has 80 valence electrons. The molecule has 0 radical (unpaired) electrons. The van der Waals surface area contributed by atoms with Gasteiger partial charge < -0.3 is 14.7 Å². The van der Waals surface area contributed by atoms with Gasteiger partial charge in [-0.05, 0) is 18.8 Å². The average molecular weight is 201 g/mol. The van der Waals surface area contributed by atoms with Crippen LogP contribution in [0.1, 0.15) is 12.8 Å². The minimum atomic E-state index is -1.39. The van der Waals surface area contributed by atoms with Gasteiger partial charge in [-0.2, -0.15) is 0 Å². The Kier molecular flexibility index (Phi) is 3.88. The lowest BCUT2D eigenvalue weighted by atomic mass is 10.00. The van der Waals surface area contributed by atoms with Gasteiger partial charge in [0.2, 0.25) is 0 Å². The van der Waals surface area contributed by atoms with Gasteiger partial charge in [-0.15, -0.1) is 0 Å². The number of carboxylic acids is 1. The van der Waals surface area contributed by atoms with Crippen molar-refractivity contribution in [2.75, 3.05) is 26.8 Å². The van der Waals surface area contributed by atoms with Crippen LogP contribution in [-0.4, -0.2) is 48.7 Å². The normalized spacial score (nSPS) is 17.8. The van der Waals surface area contributed by atoms with Crippen molar-refractivity contribution in [1.29, 1.82) is 0 Å². The zero-order valence-electron chi connectivity index (χ0n) is 8.23. The Labute approximate surface area is 82.6 Å². The van der Waals surface area contributed by atoms with Crippen molar-refractivity contribution in [2.24, 2.45) is 5.92 Å². The average Bonchev–Trinajstić information content (AvgIpc) is 2.18. The number of rotatable bonds is 2. The number of hydrogen-bond donors (Lipinski definition) is 1. The molecule has 1 aliphatic rings. The molecule has 0 unspecified atom stereocenters. The van der Waals surface area contributed by atoms with Crippen LogP contribution < -0.4 is 0 Å². The second kappa shape index (κ2) is 4.95. The molecule has 5 heteroatoms. The highest BCUT2D eigenvalue weighted by atomic mass is 16.5. The molecule has 1 fully saturated rings. The predicted octanol–water partition coefficient (Wildman–Crippen LogP) is -0.0440. The molecule has 0 bridgehead atoms. The summed E-state index contributed by atoms with van der Waals surface area (Å²) in [6.45, 7) is 1.92. The maximum absolute atomic E-state index is 11.0. The Balaban J connectivity index is 2.35. The molecule has 0 aliphatic carbocycles. The molecular formula is C9H15NO4. The first-order chi connectivity index (χ1) is 6.61. The van der Waals surface area contributed by atoms with Gasteiger partial charge in [-0.3, -0.25) is 4.79 Å². The Morgan fingerprint density at radius 3 is 2.50 bits per heavy atom. The molecule has 1 rings (SSSR count). The Morgan fingerprint density at radius 1 is 1.43 bits per heavy atom. The van der Waals surface area contributed by atoms with E-state index in [1.165, 1.54) is 11.9 Å². The third kappa shape index (κ3) is 2.99. The van der Waals surface area contributed by atoms with Crippen molar-refractivity contribution >= 4 is 11.9 Å². The third-order valence-corrected chi connectivity index (χ3v) is 2.40. The first-order valence-corrected chi connectivity index (χ1v) is 4.67. The van der Waals surface area contributed by atoms with E-state index in [4.69, 9.17) is 9.84 Å². The highest BCUT2D eigenvalue weighted by Gasteiger charge is 2.22. The van der Waals surface area contributed by atoms with Crippen molar-refractivity contribution in [3.05, 3.63) is 0 Å². The molecule has 14 heavy (non-hydrogen) atoms. The number of carbonyl (C=O) groups is 2. The van der Waals surface area contributed by atoms with Crippen molar-refractivity contribution in [3.8, 4) is 0 Å². The van der Waals surface area contributed by atoms with E-state index in [9.17, 15) is 9.59 Å². The van der Waals surface area contributed by atoms with Crippen LogP contribution in [0.3, 0.4) is 0 Å². The summed E-state index contributed by atoms with van der Waals surface area (Å²) in [6.07, 6.45) is 1.80. The number of nitrogens with zero attached hydrogens (tertiary/aromatic N) is 1. The van der Waals surface area contributed by atoms with Crippen molar-refractivity contribution in [3.63, 3.8) is 0 Å². The fourth-order valence-corrected chi connectivity index (χ4v) is 1.56. The van der Waals surface area contributed by atoms with E-state index < -0.39 is 11.9 Å². The summed E-state index contributed by atoms with van der Waals surface area (Å²) in [7, 11) is 1.52. The van der Waals surface area contributed by atoms with Crippen molar-refractivity contribution in [1.82, 2.24) is 4.90 Å². The molecule has 1 saturated heterocycles. The smallest absolute Gasteiger partial charge is 0.394 e. The molecular weight excluding hydrogens is 186 g/mol. The number of hydrogen-bond acceptors (Lipinski definition) is 3. The third-order valence-electron chi connectivity index (χ3n) is 2.40. The van der Waals surface area contributed by atoms with E-state index in [2.05, 4.69) is 0 Å². The summed E-state index contributed by atoms with van der Waals surface area (Å²) in [5.74, 6) is -1.85. The zero-order chi connectivity index (χ0) is 10.6. The van der Waals surface area contributed by atoms with Gasteiger partial charge in [0.25, 0.3) is 0 Å². The van der Waals surface area contributed by atoms with Gasteiger partial charge in [0, 0.05) is 26.8 Å². The van der Waals surface area contributed by atoms with E-state index in [-0.39, 0.29) is 0 Å². The predicted molar refractivity (Wildman–Crippen MR) is 48.8 cm³/mol. The first kappa shape index (κ1) is 11.0. The van der Waals surface area contributed by atoms with Crippen LogP contribution in [0, 0.1) is 5.92 Å². The van der Waals surface area contributed by atoms with Crippen molar-refractivity contribution in [2.45, 2.75) is 12.8 Å². The monoisotopic (exact) mass is 201 g/mol. The number of carbonyl (C=O) groups excluding carboxylic acids is 1. The van der Waals surface area contributed by atoms with Crippen LogP contribution in [0.2, 0.25) is 0 Å². The van der Waals surface area contributed by atoms with Gasteiger partial charge >= 0.3 is 11.9 Å². The number of carboxylic acid groups (broad SMARTS) is 1. The van der Waals surface area contributed by atoms with Crippen LogP contribution in [0.25, 0.3) is 0 Å². The van der Waals surface area contributed by atoms with Crippen LogP contribution in [-0.2, 0) is 14.3 Å². The molecule has 5 nitrogen and oxygen atoms in total.